The van der Waals surface area contributed by atoms with Crippen LogP contribution in [0.3, 0.4) is 0 Å². The van der Waals surface area contributed by atoms with E-state index in [4.69, 9.17) is 37.9 Å². The Hall–Kier alpha value is -4.08. The normalized spacial score (nSPS) is 18.0. The average molecular weight is 627 g/mol. The Balaban J connectivity index is 0.916. The lowest BCUT2D eigenvalue weighted by atomic mass is 10.1. The molecule has 4 unspecified atom stereocenters. The average Bonchev–Trinajstić information content (AvgIpc) is 4.03. The molecule has 2 saturated heterocycles. The summed E-state index contributed by atoms with van der Waals surface area (Å²) in [6, 6.07) is 32.4. The minimum atomic E-state index is -0.150. The molecule has 0 spiro atoms. The molecule has 0 aromatic heterocycles. The Bertz CT molecular complexity index is 1350. The minimum absolute atomic E-state index is 0.150. The fraction of sp³-hybridized carbons (Fsp3) is 0.368. The minimum Gasteiger partial charge on any atom is -0.491 e. The number of benzene rings is 4. The predicted octanol–water partition coefficient (Wildman–Crippen LogP) is 6.84. The van der Waals surface area contributed by atoms with Gasteiger partial charge in [-0.15, -0.1) is 0 Å². The first-order valence-electron chi connectivity index (χ1n) is 16.0. The molecule has 2 aliphatic heterocycles. The van der Waals surface area contributed by atoms with Gasteiger partial charge in [0.25, 0.3) is 0 Å². The van der Waals surface area contributed by atoms with Gasteiger partial charge in [-0.2, -0.15) is 0 Å². The molecule has 4 aromatic carbocycles. The fourth-order valence-corrected chi connectivity index (χ4v) is 4.76. The molecule has 0 bridgehead atoms. The molecule has 2 fully saturated rings. The second-order valence-electron chi connectivity index (χ2n) is 11.5. The Labute approximate surface area is 271 Å². The molecule has 2 aliphatic rings. The van der Waals surface area contributed by atoms with Crippen LogP contribution in [0.4, 0.5) is 0 Å². The number of epoxide rings is 2. The highest BCUT2D eigenvalue weighted by Gasteiger charge is 2.22. The highest BCUT2D eigenvalue weighted by Crippen LogP contribution is 2.27. The monoisotopic (exact) mass is 626 g/mol. The Morgan fingerprint density at radius 2 is 0.783 bits per heavy atom. The van der Waals surface area contributed by atoms with Crippen LogP contribution in [0.1, 0.15) is 13.8 Å². The topological polar surface area (TPSA) is 80.4 Å². The van der Waals surface area contributed by atoms with Crippen LogP contribution >= 0.6 is 0 Å². The van der Waals surface area contributed by atoms with Gasteiger partial charge in [0.2, 0.25) is 0 Å². The molecule has 0 N–H and O–H groups in total. The van der Waals surface area contributed by atoms with Crippen LogP contribution in [0.25, 0.3) is 22.3 Å². The quantitative estimate of drug-likeness (QED) is 0.0827. The highest BCUT2D eigenvalue weighted by molar-refractivity contribution is 5.65. The van der Waals surface area contributed by atoms with Crippen LogP contribution in [0.15, 0.2) is 97.1 Å². The first-order valence-corrected chi connectivity index (χ1v) is 16.0. The molecule has 0 saturated carbocycles. The van der Waals surface area contributed by atoms with Gasteiger partial charge in [-0.05, 0) is 84.6 Å². The molecule has 4 atom stereocenters. The largest absolute Gasteiger partial charge is 0.491 e. The van der Waals surface area contributed by atoms with Crippen molar-refractivity contribution < 1.29 is 37.9 Å². The maximum Gasteiger partial charge on any atom is 0.132 e. The van der Waals surface area contributed by atoms with Crippen molar-refractivity contribution in [2.45, 2.75) is 38.3 Å². The van der Waals surface area contributed by atoms with E-state index in [2.05, 4.69) is 48.5 Å². The van der Waals surface area contributed by atoms with Gasteiger partial charge < -0.3 is 37.9 Å². The second-order valence-corrected chi connectivity index (χ2v) is 11.5. The molecular weight excluding hydrogens is 584 g/mol. The van der Waals surface area contributed by atoms with Gasteiger partial charge in [0.15, 0.2) is 0 Å². The summed E-state index contributed by atoms with van der Waals surface area (Å²) in [7, 11) is 0. The molecule has 4 aromatic rings. The van der Waals surface area contributed by atoms with Crippen molar-refractivity contribution in [2.24, 2.45) is 0 Å². The van der Waals surface area contributed by atoms with Crippen molar-refractivity contribution in [1.82, 2.24) is 0 Å². The first kappa shape index (κ1) is 31.9. The van der Waals surface area contributed by atoms with Crippen LogP contribution in [0.5, 0.6) is 23.0 Å². The molecule has 2 heterocycles. The van der Waals surface area contributed by atoms with Crippen molar-refractivity contribution in [3.05, 3.63) is 97.1 Å². The van der Waals surface area contributed by atoms with E-state index in [9.17, 15) is 0 Å². The van der Waals surface area contributed by atoms with Gasteiger partial charge in [0.05, 0.1) is 39.6 Å². The van der Waals surface area contributed by atoms with Gasteiger partial charge in [-0.25, -0.2) is 0 Å². The first-order chi connectivity index (χ1) is 22.6. The third kappa shape index (κ3) is 9.96. The maximum atomic E-state index is 6.21. The van der Waals surface area contributed by atoms with Gasteiger partial charge >= 0.3 is 0 Å². The summed E-state index contributed by atoms with van der Waals surface area (Å²) in [5.74, 6) is 3.24. The summed E-state index contributed by atoms with van der Waals surface area (Å²) in [6.45, 7) is 9.08. The summed E-state index contributed by atoms with van der Waals surface area (Å²) < 4.78 is 45.3. The van der Waals surface area contributed by atoms with Crippen LogP contribution in [-0.2, 0) is 18.9 Å². The van der Waals surface area contributed by atoms with Crippen molar-refractivity contribution in [3.63, 3.8) is 0 Å². The molecule has 0 aliphatic carbocycles. The van der Waals surface area contributed by atoms with Crippen molar-refractivity contribution in [3.8, 4) is 45.3 Å². The zero-order valence-electron chi connectivity index (χ0n) is 26.5. The molecule has 242 valence electrons. The number of hydrogen-bond donors (Lipinski definition) is 0. The Morgan fingerprint density at radius 3 is 1.09 bits per heavy atom. The Morgan fingerprint density at radius 1 is 0.478 bits per heavy atom. The lowest BCUT2D eigenvalue weighted by molar-refractivity contribution is 0.0779. The highest BCUT2D eigenvalue weighted by atomic mass is 16.6. The SMILES string of the molecule is CC(Oc1ccc(-c2ccc(OCCOCC3CO3)cc2)cc1)C(C)Oc1ccc(-c2ccc(OCCOCC3CO3)cc2)cc1. The van der Waals surface area contributed by atoms with E-state index in [1.54, 1.807) is 0 Å². The summed E-state index contributed by atoms with van der Waals surface area (Å²) in [5, 5.41) is 0. The lowest BCUT2D eigenvalue weighted by Gasteiger charge is -2.23. The van der Waals surface area contributed by atoms with Crippen molar-refractivity contribution in [1.29, 1.82) is 0 Å². The van der Waals surface area contributed by atoms with E-state index in [1.165, 1.54) is 0 Å². The van der Waals surface area contributed by atoms with E-state index >= 15 is 0 Å². The summed E-state index contributed by atoms with van der Waals surface area (Å²) in [4.78, 5) is 0. The van der Waals surface area contributed by atoms with Gasteiger partial charge in [0.1, 0.15) is 60.6 Å². The molecule has 8 nitrogen and oxygen atoms in total. The van der Waals surface area contributed by atoms with Crippen molar-refractivity contribution in [2.75, 3.05) is 52.9 Å². The number of ether oxygens (including phenoxy) is 8. The van der Waals surface area contributed by atoms with Crippen LogP contribution in [-0.4, -0.2) is 77.3 Å². The van der Waals surface area contributed by atoms with Crippen molar-refractivity contribution >= 4 is 0 Å². The standard InChI is InChI=1S/C38H42O8/c1-27(45-35-15-7-31(8-16-35)29-3-11-33(12-4-29)41-21-19-39-23-37-25-43-37)28(2)46-36-17-9-32(10-18-36)30-5-13-34(14-6-30)42-22-20-40-24-38-26-44-38/h3-18,27-28,37-38H,19-26H2,1-2H3. The summed E-state index contributed by atoms with van der Waals surface area (Å²) in [5.41, 5.74) is 4.43. The predicted molar refractivity (Wildman–Crippen MR) is 176 cm³/mol. The number of hydrogen-bond acceptors (Lipinski definition) is 8. The smallest absolute Gasteiger partial charge is 0.132 e. The van der Waals surface area contributed by atoms with Gasteiger partial charge in [0, 0.05) is 0 Å². The third-order valence-electron chi connectivity index (χ3n) is 7.79. The van der Waals surface area contributed by atoms with E-state index in [-0.39, 0.29) is 24.4 Å². The third-order valence-corrected chi connectivity index (χ3v) is 7.79. The molecule has 0 amide bonds. The zero-order valence-corrected chi connectivity index (χ0v) is 26.5. The van der Waals surface area contributed by atoms with Crippen LogP contribution in [0, 0.1) is 0 Å². The second kappa shape index (κ2) is 16.0. The lowest BCUT2D eigenvalue weighted by Crippen LogP contribution is -2.31. The fourth-order valence-electron chi connectivity index (χ4n) is 4.76. The van der Waals surface area contributed by atoms with Crippen LogP contribution < -0.4 is 18.9 Å². The number of rotatable bonds is 19. The molecule has 6 rings (SSSR count). The molecule has 0 radical (unpaired) electrons. The maximum absolute atomic E-state index is 6.21. The summed E-state index contributed by atoms with van der Waals surface area (Å²) in [6.07, 6.45) is 0.257. The molecule has 46 heavy (non-hydrogen) atoms. The van der Waals surface area contributed by atoms with Crippen LogP contribution in [0.2, 0.25) is 0 Å². The van der Waals surface area contributed by atoms with E-state index in [1.807, 2.05) is 62.4 Å². The van der Waals surface area contributed by atoms with E-state index in [0.717, 1.165) is 58.5 Å². The zero-order chi connectivity index (χ0) is 31.6. The van der Waals surface area contributed by atoms with E-state index in [0.29, 0.717) is 39.6 Å². The van der Waals surface area contributed by atoms with Gasteiger partial charge in [-0.3, -0.25) is 0 Å². The Kier molecular flexibility index (Phi) is 11.1. The summed E-state index contributed by atoms with van der Waals surface area (Å²) >= 11 is 0. The molecule has 8 heteroatoms. The van der Waals surface area contributed by atoms with Gasteiger partial charge in [-0.1, -0.05) is 48.5 Å². The van der Waals surface area contributed by atoms with E-state index < -0.39 is 0 Å². The molecular formula is C38H42O8.